The number of hydrogen-bond acceptors (Lipinski definition) is 4. The van der Waals surface area contributed by atoms with E-state index in [0.717, 1.165) is 4.31 Å². The molecule has 1 N–H and O–H groups in total. The summed E-state index contributed by atoms with van der Waals surface area (Å²) in [5.74, 6) is -0.235. The molecule has 0 spiro atoms. The fourth-order valence-corrected chi connectivity index (χ4v) is 1.87. The lowest BCUT2D eigenvalue weighted by molar-refractivity contribution is -0.120. The normalized spacial score (nSPS) is 13.3. The molecule has 1 amide bonds. The third kappa shape index (κ3) is 3.85. The number of rotatable bonds is 5. The van der Waals surface area contributed by atoms with E-state index >= 15 is 0 Å². The van der Waals surface area contributed by atoms with Crippen LogP contribution in [0.1, 0.15) is 13.3 Å². The summed E-state index contributed by atoms with van der Waals surface area (Å²) in [7, 11) is -0.767. The lowest BCUT2D eigenvalue weighted by atomic mass is 10.4. The Morgan fingerprint density at radius 3 is 2.53 bits per heavy atom. The summed E-state index contributed by atoms with van der Waals surface area (Å²) in [4.78, 5) is 10.9. The summed E-state index contributed by atoms with van der Waals surface area (Å²) in [5.41, 5.74) is 0. The summed E-state index contributed by atoms with van der Waals surface area (Å²) >= 11 is 0. The predicted octanol–water partition coefficient (Wildman–Crippen LogP) is -0.704. The number of amides is 1. The zero-order chi connectivity index (χ0) is 12.1. The lowest BCUT2D eigenvalue weighted by Crippen LogP contribution is -2.36. The number of hydrogen-bond donors (Lipinski definition) is 1. The van der Waals surface area contributed by atoms with Crippen LogP contribution < -0.4 is 5.32 Å². The average molecular weight is 233 g/mol. The predicted molar refractivity (Wildman–Crippen MR) is 55.3 cm³/mol. The Hall–Kier alpha value is -1.13. The highest BCUT2D eigenvalue weighted by molar-refractivity contribution is 7.89. The smallest absolute Gasteiger partial charge is 0.229 e. The quantitative estimate of drug-likeness (QED) is 0.679. The van der Waals surface area contributed by atoms with Gasteiger partial charge in [-0.1, -0.05) is 0 Å². The highest BCUT2D eigenvalue weighted by Crippen LogP contribution is 2.06. The average Bonchev–Trinajstić information content (AvgIpc) is 2.23. The minimum absolute atomic E-state index is 0.0774. The van der Waals surface area contributed by atoms with Crippen LogP contribution in [-0.4, -0.2) is 44.5 Å². The summed E-state index contributed by atoms with van der Waals surface area (Å²) in [6.45, 7) is 1.39. The van der Waals surface area contributed by atoms with Crippen molar-refractivity contribution in [2.75, 3.05) is 20.6 Å². The third-order valence-corrected chi connectivity index (χ3v) is 4.05. The SMILES string of the molecule is CNC(=O)CCN(C)S(=O)(=O)C(C)C#N. The maximum absolute atomic E-state index is 11.5. The molecule has 0 radical (unpaired) electrons. The van der Waals surface area contributed by atoms with Crippen molar-refractivity contribution in [3.8, 4) is 6.07 Å². The second-order valence-corrected chi connectivity index (χ2v) is 5.42. The molecule has 0 aliphatic carbocycles. The van der Waals surface area contributed by atoms with Crippen LogP contribution in [0, 0.1) is 11.3 Å². The number of nitrogens with one attached hydrogen (secondary N) is 1. The van der Waals surface area contributed by atoms with Crippen LogP contribution in [-0.2, 0) is 14.8 Å². The summed E-state index contributed by atoms with van der Waals surface area (Å²) in [6.07, 6.45) is 0.0877. The minimum Gasteiger partial charge on any atom is -0.359 e. The van der Waals surface area contributed by atoms with E-state index in [-0.39, 0.29) is 18.9 Å². The lowest BCUT2D eigenvalue weighted by Gasteiger charge is -2.17. The number of carbonyl (C=O) groups is 1. The Balaban J connectivity index is 4.41. The van der Waals surface area contributed by atoms with Crippen molar-refractivity contribution in [3.05, 3.63) is 0 Å². The summed E-state index contributed by atoms with van der Waals surface area (Å²) < 4.78 is 24.1. The van der Waals surface area contributed by atoms with Gasteiger partial charge in [-0.15, -0.1) is 0 Å². The van der Waals surface area contributed by atoms with Gasteiger partial charge in [0.1, 0.15) is 0 Å². The zero-order valence-corrected chi connectivity index (χ0v) is 9.84. The van der Waals surface area contributed by atoms with Gasteiger partial charge in [-0.3, -0.25) is 4.79 Å². The van der Waals surface area contributed by atoms with Gasteiger partial charge >= 0.3 is 0 Å². The molecule has 0 aromatic carbocycles. The van der Waals surface area contributed by atoms with E-state index in [1.807, 2.05) is 0 Å². The molecule has 1 unspecified atom stereocenters. The molecule has 0 rings (SSSR count). The van der Waals surface area contributed by atoms with Gasteiger partial charge in [0.15, 0.2) is 5.25 Å². The van der Waals surface area contributed by atoms with Crippen molar-refractivity contribution in [1.29, 1.82) is 5.26 Å². The molecule has 0 aromatic rings. The fraction of sp³-hybridized carbons (Fsp3) is 0.750. The van der Waals surface area contributed by atoms with E-state index < -0.39 is 15.3 Å². The first-order valence-corrected chi connectivity index (χ1v) is 5.92. The molecule has 0 aromatic heterocycles. The highest BCUT2D eigenvalue weighted by atomic mass is 32.2. The van der Waals surface area contributed by atoms with Crippen LogP contribution >= 0.6 is 0 Å². The molecule has 7 heteroatoms. The van der Waals surface area contributed by atoms with E-state index in [1.165, 1.54) is 21.0 Å². The van der Waals surface area contributed by atoms with E-state index in [2.05, 4.69) is 5.32 Å². The van der Waals surface area contributed by atoms with Crippen LogP contribution in [0.2, 0.25) is 0 Å². The molecule has 0 heterocycles. The van der Waals surface area contributed by atoms with Crippen LogP contribution in [0.15, 0.2) is 0 Å². The maximum atomic E-state index is 11.5. The maximum Gasteiger partial charge on any atom is 0.229 e. The Labute approximate surface area is 89.9 Å². The summed E-state index contributed by atoms with van der Waals surface area (Å²) in [5, 5.41) is 9.81. The van der Waals surface area contributed by atoms with E-state index in [9.17, 15) is 13.2 Å². The fourth-order valence-electron chi connectivity index (χ4n) is 0.848. The van der Waals surface area contributed by atoms with Gasteiger partial charge in [-0.05, 0) is 6.92 Å². The van der Waals surface area contributed by atoms with Gasteiger partial charge < -0.3 is 5.32 Å². The molecule has 0 aliphatic heterocycles. The second kappa shape index (κ2) is 5.68. The van der Waals surface area contributed by atoms with Gasteiger partial charge in [-0.2, -0.15) is 5.26 Å². The van der Waals surface area contributed by atoms with Crippen LogP contribution in [0.4, 0.5) is 0 Å². The van der Waals surface area contributed by atoms with Crippen LogP contribution in [0.5, 0.6) is 0 Å². The molecule has 6 nitrogen and oxygen atoms in total. The van der Waals surface area contributed by atoms with Gasteiger partial charge in [0.25, 0.3) is 0 Å². The number of sulfonamides is 1. The number of nitrogens with zero attached hydrogens (tertiary/aromatic N) is 2. The molecular formula is C8H15N3O3S. The molecule has 0 aliphatic rings. The molecular weight excluding hydrogens is 218 g/mol. The molecule has 0 fully saturated rings. The third-order valence-electron chi connectivity index (χ3n) is 2.00. The van der Waals surface area contributed by atoms with Gasteiger partial charge in [0.05, 0.1) is 6.07 Å². The Morgan fingerprint density at radius 2 is 2.13 bits per heavy atom. The zero-order valence-electron chi connectivity index (χ0n) is 9.02. The highest BCUT2D eigenvalue weighted by Gasteiger charge is 2.25. The van der Waals surface area contributed by atoms with E-state index in [0.29, 0.717) is 0 Å². The Bertz CT molecular complexity index is 358. The van der Waals surface area contributed by atoms with Gasteiger partial charge in [-0.25, -0.2) is 12.7 Å². The molecule has 0 bridgehead atoms. The monoisotopic (exact) mass is 233 g/mol. The van der Waals surface area contributed by atoms with Crippen molar-refractivity contribution < 1.29 is 13.2 Å². The van der Waals surface area contributed by atoms with Crippen LogP contribution in [0.25, 0.3) is 0 Å². The molecule has 0 saturated heterocycles. The number of carbonyl (C=O) groups excluding carboxylic acids is 1. The van der Waals surface area contributed by atoms with Crippen molar-refractivity contribution in [2.45, 2.75) is 18.6 Å². The standard InChI is InChI=1S/C8H15N3O3S/c1-7(6-9)15(13,14)11(3)5-4-8(12)10-2/h7H,4-5H2,1-3H3,(H,10,12). The largest absolute Gasteiger partial charge is 0.359 e. The summed E-state index contributed by atoms with van der Waals surface area (Å²) in [6, 6.07) is 1.66. The van der Waals surface area contributed by atoms with Crippen molar-refractivity contribution in [3.63, 3.8) is 0 Å². The molecule has 0 saturated carbocycles. The Morgan fingerprint density at radius 1 is 1.60 bits per heavy atom. The van der Waals surface area contributed by atoms with E-state index in [4.69, 9.17) is 5.26 Å². The minimum atomic E-state index is -3.60. The first kappa shape index (κ1) is 13.9. The number of nitriles is 1. The van der Waals surface area contributed by atoms with Crippen molar-refractivity contribution in [2.24, 2.45) is 0 Å². The van der Waals surface area contributed by atoms with Crippen molar-refractivity contribution in [1.82, 2.24) is 9.62 Å². The topological polar surface area (TPSA) is 90.3 Å². The molecule has 15 heavy (non-hydrogen) atoms. The Kier molecular flexibility index (Phi) is 5.25. The van der Waals surface area contributed by atoms with Gasteiger partial charge in [0.2, 0.25) is 15.9 Å². The molecule has 86 valence electrons. The van der Waals surface area contributed by atoms with Crippen molar-refractivity contribution >= 4 is 15.9 Å². The second-order valence-electron chi connectivity index (χ2n) is 3.06. The van der Waals surface area contributed by atoms with E-state index in [1.54, 1.807) is 6.07 Å². The first-order valence-electron chi connectivity index (χ1n) is 4.41. The van der Waals surface area contributed by atoms with Crippen LogP contribution in [0.3, 0.4) is 0 Å². The van der Waals surface area contributed by atoms with Gasteiger partial charge in [0, 0.05) is 27.1 Å². The molecule has 1 atom stereocenters. The first-order chi connectivity index (χ1) is 6.86.